The van der Waals surface area contributed by atoms with Crippen LogP contribution in [0.15, 0.2) is 29.4 Å². The zero-order valence-corrected chi connectivity index (χ0v) is 14.6. The summed E-state index contributed by atoms with van der Waals surface area (Å²) in [6.45, 7) is 0. The third-order valence-electron chi connectivity index (χ3n) is 3.75. The summed E-state index contributed by atoms with van der Waals surface area (Å²) in [5.74, 6) is -1.44. The van der Waals surface area contributed by atoms with Gasteiger partial charge in [0, 0.05) is 25.7 Å². The van der Waals surface area contributed by atoms with Crippen LogP contribution in [0.5, 0.6) is 0 Å². The smallest absolute Gasteiger partial charge is 0.417 e. The number of pyridine rings is 2. The molecule has 8 nitrogen and oxygen atoms in total. The number of aromatic nitrogens is 4. The van der Waals surface area contributed by atoms with Crippen LogP contribution < -0.4 is 0 Å². The van der Waals surface area contributed by atoms with Gasteiger partial charge in [0.1, 0.15) is 11.2 Å². The molecule has 0 aliphatic heterocycles. The lowest BCUT2D eigenvalue weighted by Crippen LogP contribution is -2.08. The molecule has 0 saturated heterocycles. The lowest BCUT2D eigenvalue weighted by atomic mass is 10.2. The number of hydrogen-bond donors (Lipinski definition) is 1. The van der Waals surface area contributed by atoms with Gasteiger partial charge in [0.25, 0.3) is 0 Å². The van der Waals surface area contributed by atoms with Gasteiger partial charge in [-0.05, 0) is 12.1 Å². The lowest BCUT2D eigenvalue weighted by Gasteiger charge is -2.08. The van der Waals surface area contributed by atoms with E-state index in [1.165, 1.54) is 11.6 Å². The Hall–Kier alpha value is -3.02. The van der Waals surface area contributed by atoms with E-state index in [4.69, 9.17) is 5.11 Å². The molecule has 12 heteroatoms. The standard InChI is InChI=1S/C15H11F3N4O4S/c1-22-12-9(4-8(6-20-12)15(16,17)18)21-13(22)11-10(27(2,25)26)3-7(5-19-11)14(23)24/h3-6H,1-2H3,(H,23,24). The quantitative estimate of drug-likeness (QED) is 0.716. The van der Waals surface area contributed by atoms with Crippen molar-refractivity contribution in [3.05, 3.63) is 35.7 Å². The van der Waals surface area contributed by atoms with E-state index < -0.39 is 32.4 Å². The minimum atomic E-state index is -4.61. The number of aromatic carboxylic acids is 1. The fourth-order valence-corrected chi connectivity index (χ4v) is 3.29. The van der Waals surface area contributed by atoms with E-state index in [0.29, 0.717) is 6.20 Å². The maximum absolute atomic E-state index is 12.9. The molecule has 0 unspecified atom stereocenters. The number of carboxylic acids is 1. The summed E-state index contributed by atoms with van der Waals surface area (Å²) in [6.07, 6.45) is -2.16. The first-order valence-corrected chi connectivity index (χ1v) is 9.12. The van der Waals surface area contributed by atoms with Crippen molar-refractivity contribution >= 4 is 27.0 Å². The van der Waals surface area contributed by atoms with E-state index in [9.17, 15) is 26.4 Å². The third-order valence-corrected chi connectivity index (χ3v) is 4.86. The van der Waals surface area contributed by atoms with Crippen molar-refractivity contribution in [3.63, 3.8) is 0 Å². The highest BCUT2D eigenvalue weighted by Crippen LogP contribution is 2.32. The van der Waals surface area contributed by atoms with Gasteiger partial charge in [0.15, 0.2) is 21.3 Å². The molecular formula is C15H11F3N4O4S. The summed E-state index contributed by atoms with van der Waals surface area (Å²) < 4.78 is 64.0. The average Bonchev–Trinajstić information content (AvgIpc) is 2.89. The molecule has 3 rings (SSSR count). The van der Waals surface area contributed by atoms with E-state index >= 15 is 0 Å². The van der Waals surface area contributed by atoms with Crippen molar-refractivity contribution in [2.45, 2.75) is 11.1 Å². The number of halogens is 3. The van der Waals surface area contributed by atoms with Gasteiger partial charge in [-0.1, -0.05) is 0 Å². The molecule has 0 aromatic carbocycles. The fraction of sp³-hybridized carbons (Fsp3) is 0.200. The molecule has 27 heavy (non-hydrogen) atoms. The van der Waals surface area contributed by atoms with Crippen LogP contribution in [0.25, 0.3) is 22.7 Å². The Morgan fingerprint density at radius 1 is 1.19 bits per heavy atom. The van der Waals surface area contributed by atoms with Crippen LogP contribution in [0.3, 0.4) is 0 Å². The molecule has 0 atom stereocenters. The Kier molecular flexibility index (Phi) is 4.18. The monoisotopic (exact) mass is 400 g/mol. The van der Waals surface area contributed by atoms with Crippen LogP contribution >= 0.6 is 0 Å². The van der Waals surface area contributed by atoms with E-state index in [2.05, 4.69) is 15.0 Å². The van der Waals surface area contributed by atoms with E-state index in [0.717, 1.165) is 24.6 Å². The van der Waals surface area contributed by atoms with Gasteiger partial charge >= 0.3 is 12.1 Å². The van der Waals surface area contributed by atoms with Crippen molar-refractivity contribution in [3.8, 4) is 11.5 Å². The largest absolute Gasteiger partial charge is 0.478 e. The normalized spacial score (nSPS) is 12.5. The topological polar surface area (TPSA) is 115 Å². The first-order chi connectivity index (χ1) is 12.4. The van der Waals surface area contributed by atoms with Crippen LogP contribution in [0, 0.1) is 0 Å². The second kappa shape index (κ2) is 6.01. The number of hydrogen-bond acceptors (Lipinski definition) is 6. The number of rotatable bonds is 3. The van der Waals surface area contributed by atoms with Gasteiger partial charge in [0.05, 0.1) is 16.0 Å². The summed E-state index contributed by atoms with van der Waals surface area (Å²) in [6, 6.07) is 1.71. The SMILES string of the molecule is Cn1c(-c2ncc(C(=O)O)cc2S(C)(=O)=O)nc2cc(C(F)(F)F)cnc21. The molecule has 0 fully saturated rings. The fourth-order valence-electron chi connectivity index (χ4n) is 2.45. The highest BCUT2D eigenvalue weighted by Gasteiger charge is 2.32. The number of fused-ring (bicyclic) bond motifs is 1. The zero-order chi connectivity index (χ0) is 20.1. The van der Waals surface area contributed by atoms with Gasteiger partial charge in [-0.3, -0.25) is 4.98 Å². The molecule has 0 saturated carbocycles. The Bertz CT molecular complexity index is 1190. The van der Waals surface area contributed by atoms with Crippen LogP contribution in [-0.4, -0.2) is 45.3 Å². The summed E-state index contributed by atoms with van der Waals surface area (Å²) >= 11 is 0. The Morgan fingerprint density at radius 2 is 1.85 bits per heavy atom. The number of nitrogens with zero attached hydrogens (tertiary/aromatic N) is 4. The zero-order valence-electron chi connectivity index (χ0n) is 13.8. The molecule has 0 aliphatic carbocycles. The minimum Gasteiger partial charge on any atom is -0.478 e. The van der Waals surface area contributed by atoms with Crippen LogP contribution in [0.2, 0.25) is 0 Å². The third kappa shape index (κ3) is 3.35. The molecule has 1 N–H and O–H groups in total. The van der Waals surface area contributed by atoms with Crippen molar-refractivity contribution in [2.75, 3.05) is 6.26 Å². The minimum absolute atomic E-state index is 0.0609. The molecular weight excluding hydrogens is 389 g/mol. The predicted molar refractivity (Wildman–Crippen MR) is 86.8 cm³/mol. The van der Waals surface area contributed by atoms with Crippen LogP contribution in [0.1, 0.15) is 15.9 Å². The van der Waals surface area contributed by atoms with Gasteiger partial charge in [-0.2, -0.15) is 13.2 Å². The summed E-state index contributed by atoms with van der Waals surface area (Å²) in [7, 11) is -2.47. The average molecular weight is 400 g/mol. The molecule has 3 aromatic rings. The molecule has 0 aliphatic rings. The number of alkyl halides is 3. The first-order valence-electron chi connectivity index (χ1n) is 7.23. The molecule has 0 amide bonds. The number of sulfone groups is 1. The van der Waals surface area contributed by atoms with Gasteiger partial charge in [-0.25, -0.2) is 23.2 Å². The second-order valence-electron chi connectivity index (χ2n) is 5.71. The molecule has 0 spiro atoms. The van der Waals surface area contributed by atoms with Gasteiger partial charge in [-0.15, -0.1) is 0 Å². The van der Waals surface area contributed by atoms with E-state index in [1.807, 2.05) is 0 Å². The highest BCUT2D eigenvalue weighted by molar-refractivity contribution is 7.90. The van der Waals surface area contributed by atoms with Crippen molar-refractivity contribution < 1.29 is 31.5 Å². The summed E-state index contributed by atoms with van der Waals surface area (Å²) in [5.41, 5.74) is -1.56. The van der Waals surface area contributed by atoms with Crippen molar-refractivity contribution in [2.24, 2.45) is 7.05 Å². The van der Waals surface area contributed by atoms with Crippen LogP contribution in [0.4, 0.5) is 13.2 Å². The predicted octanol–water partition coefficient (Wildman–Crippen LogP) is 2.15. The maximum Gasteiger partial charge on any atom is 0.417 e. The van der Waals surface area contributed by atoms with Gasteiger partial charge < -0.3 is 9.67 Å². The van der Waals surface area contributed by atoms with Crippen LogP contribution in [-0.2, 0) is 23.1 Å². The highest BCUT2D eigenvalue weighted by atomic mass is 32.2. The number of aryl methyl sites for hydroxylation is 1. The second-order valence-corrected chi connectivity index (χ2v) is 7.69. The Morgan fingerprint density at radius 3 is 2.41 bits per heavy atom. The summed E-state index contributed by atoms with van der Waals surface area (Å²) in [4.78, 5) is 22.3. The van der Waals surface area contributed by atoms with Crippen molar-refractivity contribution in [1.82, 2.24) is 19.5 Å². The van der Waals surface area contributed by atoms with Crippen molar-refractivity contribution in [1.29, 1.82) is 0 Å². The van der Waals surface area contributed by atoms with E-state index in [-0.39, 0.29) is 28.2 Å². The van der Waals surface area contributed by atoms with Gasteiger partial charge in [0.2, 0.25) is 0 Å². The van der Waals surface area contributed by atoms with E-state index in [1.54, 1.807) is 0 Å². The number of imidazole rings is 1. The number of carbonyl (C=O) groups is 1. The number of carboxylic acid groups (broad SMARTS) is 1. The Labute approximate surface area is 150 Å². The molecule has 142 valence electrons. The lowest BCUT2D eigenvalue weighted by molar-refractivity contribution is -0.137. The Balaban J connectivity index is 2.29. The molecule has 3 aromatic heterocycles. The molecule has 0 bridgehead atoms. The maximum atomic E-state index is 12.9. The summed E-state index contributed by atoms with van der Waals surface area (Å²) in [5, 5.41) is 9.04. The molecule has 3 heterocycles. The first kappa shape index (κ1) is 18.8. The molecule has 0 radical (unpaired) electrons.